The SMILES string of the molecule is CC(C)c1cc(F)c2c(c1)CC(=O)C2.CC(C)c1ccc2c(c1)C(C)(C)C(=O)C2.CC(C)c1ccc2c(c1)C(F)(F)C(=O)C2.CC(C)c1ccc2c(c1)CC=C2.CC(C)c1ccc2c(c1)CCC2.CC(C)c1ccc2c(c1)CS(=O)(=O)N2CC1CCOCC1.CC(C)c1ccc2c(c1)OCO2.CC(C)c1ccc2c(c1)OCS(=O)(=O)N2C.CC(C)c1ccc2c(n1)OCC(=O)C2. The number of ether oxygens (including phenoxy) is 5. The summed E-state index contributed by atoms with van der Waals surface area (Å²) < 4.78 is 118. The van der Waals surface area contributed by atoms with Gasteiger partial charge in [0.15, 0.2) is 17.3 Å². The largest absolute Gasteiger partial charge is 0.474 e. The Labute approximate surface area is 777 Å². The van der Waals surface area contributed by atoms with Gasteiger partial charge in [0.25, 0.3) is 10.0 Å². The van der Waals surface area contributed by atoms with Crippen LogP contribution in [0.2, 0.25) is 0 Å². The number of rotatable bonds is 11. The van der Waals surface area contributed by atoms with E-state index >= 15 is 0 Å². The molecule has 1 aromatic heterocycles. The first kappa shape index (κ1) is 101. The summed E-state index contributed by atoms with van der Waals surface area (Å²) >= 11 is 0. The van der Waals surface area contributed by atoms with Crippen LogP contribution in [0.1, 0.15) is 328 Å². The molecule has 1 saturated heterocycles. The van der Waals surface area contributed by atoms with Gasteiger partial charge in [0, 0.05) is 81.1 Å². The first-order valence-corrected chi connectivity index (χ1v) is 49.9. The Hall–Kier alpha value is -10.2. The lowest BCUT2D eigenvalue weighted by atomic mass is 9.84. The smallest absolute Gasteiger partial charge is 0.331 e. The Morgan fingerprint density at radius 1 is 0.443 bits per heavy atom. The minimum Gasteiger partial charge on any atom is -0.474 e. The fourth-order valence-corrected chi connectivity index (χ4v) is 19.6. The molecule has 16 nitrogen and oxygen atoms in total. The van der Waals surface area contributed by atoms with Crippen molar-refractivity contribution in [2.24, 2.45) is 5.92 Å². The van der Waals surface area contributed by atoms with Crippen molar-refractivity contribution in [3.63, 3.8) is 0 Å². The summed E-state index contributed by atoms with van der Waals surface area (Å²) in [6, 6.07) is 50.5. The monoisotopic (exact) mass is 1830 g/mol. The number of ketones is 4. The second kappa shape index (κ2) is 43.6. The van der Waals surface area contributed by atoms with Crippen LogP contribution in [-0.4, -0.2) is 91.1 Å². The number of allylic oxidation sites excluding steroid dienone is 1. The number of aryl methyl sites for hydroxylation is 2. The minimum atomic E-state index is -3.30. The van der Waals surface area contributed by atoms with Gasteiger partial charge in [0.1, 0.15) is 29.7 Å². The summed E-state index contributed by atoms with van der Waals surface area (Å²) in [7, 11) is -4.95. The van der Waals surface area contributed by atoms with Crippen LogP contribution in [0.15, 0.2) is 158 Å². The number of fused-ring (bicyclic) bond motifs is 9. The molecule has 5 aliphatic carbocycles. The summed E-state index contributed by atoms with van der Waals surface area (Å²) in [5.74, 6) is 3.52. The lowest BCUT2D eigenvalue weighted by molar-refractivity contribution is -0.141. The normalized spacial score (nSPS) is 17.1. The Bertz CT molecular complexity index is 5720. The number of hydrogen-bond donors (Lipinski definition) is 0. The molecule has 0 radical (unpaired) electrons. The Kier molecular flexibility index (Phi) is 33.8. The van der Waals surface area contributed by atoms with E-state index in [4.69, 9.17) is 23.7 Å². The Morgan fingerprint density at radius 3 is 1.54 bits per heavy atom. The maximum Gasteiger partial charge on any atom is 0.331 e. The number of carbonyl (C=O) groups is 4. The number of sulfonamides is 2. The molecule has 9 aromatic rings. The average Bonchev–Trinajstić information content (AvgIpc) is 1.56. The van der Waals surface area contributed by atoms with E-state index in [0.717, 1.165) is 88.7 Å². The zero-order valence-corrected chi connectivity index (χ0v) is 82.3. The van der Waals surface area contributed by atoms with Gasteiger partial charge in [-0.25, -0.2) is 26.2 Å². The van der Waals surface area contributed by atoms with E-state index in [1.165, 1.54) is 79.7 Å². The first-order chi connectivity index (χ1) is 61.8. The third-order valence-electron chi connectivity index (χ3n) is 26.0. The quantitative estimate of drug-likeness (QED) is 0.118. The van der Waals surface area contributed by atoms with Crippen molar-refractivity contribution in [3.8, 4) is 23.1 Å². The predicted octanol–water partition coefficient (Wildman–Crippen LogP) is 24.6. The van der Waals surface area contributed by atoms with Crippen LogP contribution in [0, 0.1) is 11.7 Å². The number of aromatic nitrogens is 1. The minimum absolute atomic E-state index is 0.0984. The van der Waals surface area contributed by atoms with Crippen LogP contribution in [0.25, 0.3) is 6.08 Å². The first-order valence-electron chi connectivity index (χ1n) is 46.7. The maximum absolute atomic E-state index is 13.5. The summed E-state index contributed by atoms with van der Waals surface area (Å²) in [5.41, 5.74) is 24.2. The Morgan fingerprint density at radius 2 is 0.931 bits per heavy atom. The van der Waals surface area contributed by atoms with Gasteiger partial charge in [-0.2, -0.15) is 8.78 Å². The maximum atomic E-state index is 13.5. The van der Waals surface area contributed by atoms with Crippen LogP contribution in [0.4, 0.5) is 24.5 Å². The van der Waals surface area contributed by atoms with E-state index in [0.29, 0.717) is 120 Å². The number of Topliss-reactive ketones (excluding diaryl/α,β-unsaturated/α-hetero) is 4. The number of halogens is 3. The number of pyridine rings is 1. The highest BCUT2D eigenvalue weighted by atomic mass is 32.2. The van der Waals surface area contributed by atoms with Crippen molar-refractivity contribution < 1.29 is 72.9 Å². The fraction of sp³-hybridized carbons (Fsp3) is 0.464. The van der Waals surface area contributed by atoms with Crippen LogP contribution >= 0.6 is 0 Å². The van der Waals surface area contributed by atoms with Gasteiger partial charge in [-0.1, -0.05) is 240 Å². The number of nitrogens with zero attached hydrogens (tertiary/aromatic N) is 3. The van der Waals surface area contributed by atoms with Gasteiger partial charge in [-0.15, -0.1) is 0 Å². The van der Waals surface area contributed by atoms with Crippen molar-refractivity contribution >= 4 is 60.6 Å². The molecule has 0 N–H and O–H groups in total. The molecule has 8 aromatic carbocycles. The van der Waals surface area contributed by atoms with E-state index in [1.807, 2.05) is 96.1 Å². The van der Waals surface area contributed by atoms with E-state index < -0.39 is 31.8 Å². The number of anilines is 2. The van der Waals surface area contributed by atoms with E-state index in [1.54, 1.807) is 40.7 Å². The molecule has 0 saturated carbocycles. The number of carbonyl (C=O) groups excluding carboxylic acids is 4. The molecular weight excluding hydrogens is 1690 g/mol. The third kappa shape index (κ3) is 25.4. The van der Waals surface area contributed by atoms with Crippen LogP contribution in [0.5, 0.6) is 23.1 Å². The third-order valence-corrected chi connectivity index (χ3v) is 29.1. The molecule has 1 fully saturated rings. The lowest BCUT2D eigenvalue weighted by Gasteiger charge is -2.27. The number of benzene rings is 8. The predicted molar refractivity (Wildman–Crippen MR) is 521 cm³/mol. The van der Waals surface area contributed by atoms with E-state index in [2.05, 4.69) is 187 Å². The lowest BCUT2D eigenvalue weighted by Crippen LogP contribution is -2.35. The van der Waals surface area contributed by atoms with Crippen molar-refractivity contribution in [1.29, 1.82) is 0 Å². The summed E-state index contributed by atoms with van der Waals surface area (Å²) in [4.78, 5) is 49.5. The van der Waals surface area contributed by atoms with Gasteiger partial charge in [0.05, 0.1) is 17.1 Å². The van der Waals surface area contributed by atoms with Crippen LogP contribution in [0.3, 0.4) is 0 Å². The number of hydrogen-bond acceptors (Lipinski definition) is 14. The molecular formula is C110H136F3N3O13S2. The van der Waals surface area contributed by atoms with Crippen molar-refractivity contribution in [3.05, 3.63) is 281 Å². The highest BCUT2D eigenvalue weighted by Gasteiger charge is 2.48. The summed E-state index contributed by atoms with van der Waals surface area (Å²) in [6.07, 6.45) is 13.0. The molecule has 21 heteroatoms. The Balaban J connectivity index is 0.000000143. The second-order valence-electron chi connectivity index (χ2n) is 39.2. The van der Waals surface area contributed by atoms with Gasteiger partial charge < -0.3 is 23.7 Å². The molecule has 6 heterocycles. The van der Waals surface area contributed by atoms with Crippen molar-refractivity contribution in [2.75, 3.05) is 54.8 Å². The van der Waals surface area contributed by atoms with Crippen molar-refractivity contribution in [2.45, 2.75) is 279 Å². The highest BCUT2D eigenvalue weighted by Crippen LogP contribution is 2.44. The van der Waals surface area contributed by atoms with E-state index in [-0.39, 0.29) is 65.4 Å². The molecule has 0 bridgehead atoms. The second-order valence-corrected chi connectivity index (χ2v) is 43.1. The fourth-order valence-electron chi connectivity index (χ4n) is 17.0. The van der Waals surface area contributed by atoms with E-state index in [9.17, 15) is 49.2 Å². The van der Waals surface area contributed by atoms with Crippen LogP contribution in [-0.2, 0) is 112 Å². The molecule has 0 unspecified atom stereocenters. The van der Waals surface area contributed by atoms with Gasteiger partial charge in [0.2, 0.25) is 34.4 Å². The molecule has 702 valence electrons. The zero-order chi connectivity index (χ0) is 95.5. The molecule has 131 heavy (non-hydrogen) atoms. The topological polar surface area (TPSA) is 202 Å². The molecule has 0 amide bonds. The number of alkyl halides is 2. The summed E-state index contributed by atoms with van der Waals surface area (Å²) in [5, 5.41) is 0. The molecule has 5 aliphatic heterocycles. The summed E-state index contributed by atoms with van der Waals surface area (Å²) in [6.45, 7) is 44.9. The molecule has 0 atom stereocenters. The van der Waals surface area contributed by atoms with Gasteiger partial charge in [-0.3, -0.25) is 27.8 Å². The molecule has 0 spiro atoms. The molecule has 10 aliphatic rings. The van der Waals surface area contributed by atoms with Crippen LogP contribution < -0.4 is 27.6 Å². The highest BCUT2D eigenvalue weighted by molar-refractivity contribution is 7.92. The van der Waals surface area contributed by atoms with Gasteiger partial charge >= 0.3 is 5.92 Å². The zero-order valence-electron chi connectivity index (χ0n) is 80.7. The average molecular weight is 1830 g/mol. The van der Waals surface area contributed by atoms with Crippen molar-refractivity contribution in [1.82, 2.24) is 4.98 Å². The standard InChI is InChI=1S/C16H23NO3S.C14H18O.C12H12F2O.C12H13FO.C12H16.C12H14.C11H15NO3S.C11H13NO2.C10H12O2/c1-12(2)14-3-4-16-15(9-14)11-21(18,19)17(16)10-13-5-7-20-8-6-13;1-9(2)10-5-6-11-8-13(15)14(3,4)12(11)7-10;1-7(2)8-3-4-9-6-11(15)12(13,14)10(9)5-8;1-7(2)8-3-9-4-10(14)6-11(9)12(13)5-8;2*1-9(2)11-7-6-10-4-3-5-12(10)8-11;1-8(2)9-4-5-10-11(6-9)15-7-16(13,14)12(10)3;1-7(2)10-4-3-8-5-9(13)6-14-11(8)12-10;1-7(2)8-3-4-9-10(5-8)12-6-11-9/h3-4,9,12-13H,5-8,10-11H2,1-2H3;5-7,9H,8H2,1-4H3;3-5,7H,6H2,1-2H3;3,5,7H,4,6H2,1-2H3;6-9H,3-5H2,1-2H3;3-4,6-9H,5H2,1-2H3;4-6,8H,7H2,1-3H3;3-4,7H,5-6H2,1-2H3;3-5,7H,6H2,1-2H3. The van der Waals surface area contributed by atoms with Gasteiger partial charge in [-0.05, 0) is 260 Å². The molecule has 19 rings (SSSR count).